The molecule has 0 aromatic heterocycles. The maximum Gasteiger partial charge on any atom is 0.266 e. The molecule has 1 fully saturated rings. The van der Waals surface area contributed by atoms with E-state index in [0.717, 1.165) is 32.3 Å². The molecule has 0 radical (unpaired) electrons. The summed E-state index contributed by atoms with van der Waals surface area (Å²) in [4.78, 5) is 20.2. The van der Waals surface area contributed by atoms with E-state index in [4.69, 9.17) is 26.1 Å². The number of ether oxygens (including phenoxy) is 2. The molecule has 4 rings (SSSR count). The van der Waals surface area contributed by atoms with E-state index in [1.54, 1.807) is 11.0 Å². The van der Waals surface area contributed by atoms with Gasteiger partial charge in [-0.2, -0.15) is 0 Å². The van der Waals surface area contributed by atoms with Gasteiger partial charge in [0.25, 0.3) is 5.91 Å². The zero-order chi connectivity index (χ0) is 24.2. The monoisotopic (exact) mass is 558 g/mol. The number of fused-ring (bicyclic) bond motifs is 1. The van der Waals surface area contributed by atoms with Gasteiger partial charge in [-0.25, -0.2) is 4.99 Å². The molecule has 1 amide bonds. The number of aliphatic imine (C=N–C) groups is 1. The van der Waals surface area contributed by atoms with E-state index in [9.17, 15) is 4.79 Å². The first kappa shape index (κ1) is 24.6. The van der Waals surface area contributed by atoms with Gasteiger partial charge in [0.1, 0.15) is 11.5 Å². The van der Waals surface area contributed by atoms with Crippen molar-refractivity contribution in [3.05, 3.63) is 68.5 Å². The molecule has 5 nitrogen and oxygen atoms in total. The topological polar surface area (TPSA) is 51.1 Å². The zero-order valence-corrected chi connectivity index (χ0v) is 22.3. The van der Waals surface area contributed by atoms with Crippen LogP contribution in [0.4, 0.5) is 5.69 Å². The van der Waals surface area contributed by atoms with Crippen LogP contribution in [0, 0.1) is 0 Å². The van der Waals surface area contributed by atoms with Crippen molar-refractivity contribution in [2.45, 2.75) is 20.8 Å². The highest BCUT2D eigenvalue weighted by Gasteiger charge is 2.32. The van der Waals surface area contributed by atoms with Gasteiger partial charge in [0.2, 0.25) is 0 Å². The predicted molar refractivity (Wildman–Crippen MR) is 145 cm³/mol. The van der Waals surface area contributed by atoms with Crippen LogP contribution in [0.5, 0.6) is 11.5 Å². The lowest BCUT2D eigenvalue weighted by Gasteiger charge is -2.13. The van der Waals surface area contributed by atoms with Crippen molar-refractivity contribution in [3.63, 3.8) is 0 Å². The molecule has 3 aromatic rings. The minimum atomic E-state index is -0.0881. The lowest BCUT2D eigenvalue weighted by molar-refractivity contribution is -0.122. The summed E-state index contributed by atoms with van der Waals surface area (Å²) in [6.07, 6.45) is 1.90. The minimum absolute atomic E-state index is 0.0881. The number of benzene rings is 3. The van der Waals surface area contributed by atoms with Crippen molar-refractivity contribution in [2.75, 3.05) is 19.8 Å². The Bertz CT molecular complexity index is 1300. The fraction of sp³-hybridized carbons (Fsp3) is 0.231. The molecule has 0 aliphatic carbocycles. The molecule has 3 aromatic carbocycles. The van der Waals surface area contributed by atoms with Gasteiger partial charge < -0.3 is 9.47 Å². The number of likely N-dealkylation sites (N-methyl/N-ethyl adjacent to an activating group) is 1. The average molecular weight is 560 g/mol. The summed E-state index contributed by atoms with van der Waals surface area (Å²) in [5.74, 6) is 1.41. The molecular weight excluding hydrogens is 536 g/mol. The Labute approximate surface area is 216 Å². The van der Waals surface area contributed by atoms with Gasteiger partial charge in [0.05, 0.1) is 28.8 Å². The number of thioether (sulfide) groups is 1. The molecule has 1 aliphatic rings. The third-order valence-electron chi connectivity index (χ3n) is 5.21. The molecular formula is C26H24BrClN2O3S. The quantitative estimate of drug-likeness (QED) is 0.279. The summed E-state index contributed by atoms with van der Waals surface area (Å²) >= 11 is 11.0. The molecule has 0 atom stereocenters. The molecule has 176 valence electrons. The predicted octanol–water partition coefficient (Wildman–Crippen LogP) is 7.68. The Balaban J connectivity index is 1.81. The van der Waals surface area contributed by atoms with Gasteiger partial charge in [-0.05, 0) is 102 Å². The maximum absolute atomic E-state index is 13.3. The Morgan fingerprint density at radius 1 is 1.06 bits per heavy atom. The lowest BCUT2D eigenvalue weighted by Crippen LogP contribution is -2.28. The van der Waals surface area contributed by atoms with Crippen LogP contribution in [0.15, 0.2) is 62.9 Å². The van der Waals surface area contributed by atoms with Crippen molar-refractivity contribution in [3.8, 4) is 11.5 Å². The van der Waals surface area contributed by atoms with E-state index in [1.807, 2.05) is 69.3 Å². The number of hydrogen-bond acceptors (Lipinski definition) is 5. The number of carbonyl (C=O) groups is 1. The van der Waals surface area contributed by atoms with E-state index in [0.29, 0.717) is 40.5 Å². The molecule has 0 bridgehead atoms. The first-order valence-electron chi connectivity index (χ1n) is 11.0. The SMILES string of the molecule is CCOc1ccc2ccc(OCC)c(/C=C3/SC(=Nc4ccc(Br)c(Cl)c4)N(CC)C3=O)c2c1. The maximum atomic E-state index is 13.3. The van der Waals surface area contributed by atoms with E-state index >= 15 is 0 Å². The first-order chi connectivity index (χ1) is 16.4. The number of hydrogen-bond donors (Lipinski definition) is 0. The van der Waals surface area contributed by atoms with Gasteiger partial charge in [0, 0.05) is 16.6 Å². The number of rotatable bonds is 7. The summed E-state index contributed by atoms with van der Waals surface area (Å²) < 4.78 is 12.4. The number of nitrogens with zero attached hydrogens (tertiary/aromatic N) is 2. The van der Waals surface area contributed by atoms with E-state index < -0.39 is 0 Å². The highest BCUT2D eigenvalue weighted by molar-refractivity contribution is 9.10. The molecule has 8 heteroatoms. The minimum Gasteiger partial charge on any atom is -0.494 e. The van der Waals surface area contributed by atoms with Crippen molar-refractivity contribution in [2.24, 2.45) is 4.99 Å². The van der Waals surface area contributed by atoms with Crippen LogP contribution in [0.3, 0.4) is 0 Å². The van der Waals surface area contributed by atoms with Crippen molar-refractivity contribution < 1.29 is 14.3 Å². The van der Waals surface area contributed by atoms with Crippen molar-refractivity contribution in [1.29, 1.82) is 0 Å². The second kappa shape index (κ2) is 10.8. The second-order valence-corrected chi connectivity index (χ2v) is 9.65. The third-order valence-corrected chi connectivity index (χ3v) is 7.45. The van der Waals surface area contributed by atoms with E-state index in [2.05, 4.69) is 15.9 Å². The third kappa shape index (κ3) is 5.11. The summed E-state index contributed by atoms with van der Waals surface area (Å²) in [7, 11) is 0. The molecule has 1 aliphatic heterocycles. The molecule has 0 saturated carbocycles. The highest BCUT2D eigenvalue weighted by atomic mass is 79.9. The Morgan fingerprint density at radius 3 is 2.53 bits per heavy atom. The summed E-state index contributed by atoms with van der Waals surface area (Å²) in [5, 5.41) is 3.19. The number of halogens is 2. The Hall–Kier alpha value is -2.48. The fourth-order valence-electron chi connectivity index (χ4n) is 3.66. The molecule has 0 unspecified atom stereocenters. The van der Waals surface area contributed by atoms with Gasteiger partial charge in [-0.1, -0.05) is 23.7 Å². The summed E-state index contributed by atoms with van der Waals surface area (Å²) in [6, 6.07) is 15.4. The van der Waals surface area contributed by atoms with Crippen LogP contribution in [0.2, 0.25) is 5.02 Å². The second-order valence-electron chi connectivity index (χ2n) is 7.38. The lowest BCUT2D eigenvalue weighted by atomic mass is 10.0. The van der Waals surface area contributed by atoms with E-state index in [-0.39, 0.29) is 5.91 Å². The van der Waals surface area contributed by atoms with Crippen LogP contribution >= 0.6 is 39.3 Å². The van der Waals surface area contributed by atoms with Crippen LogP contribution in [0.25, 0.3) is 16.8 Å². The van der Waals surface area contributed by atoms with Gasteiger partial charge in [-0.3, -0.25) is 9.69 Å². The molecule has 0 N–H and O–H groups in total. The van der Waals surface area contributed by atoms with Crippen LogP contribution in [-0.2, 0) is 4.79 Å². The standard InChI is InChI=1S/C26H24BrClN2O3S/c1-4-30-25(31)24(34-26(30)29-17-9-11-21(27)22(28)13-17)15-20-19-14-18(32-5-2)10-7-16(19)8-12-23(20)33-6-3/h7-15H,4-6H2,1-3H3/b24-15+,29-26?. The highest BCUT2D eigenvalue weighted by Crippen LogP contribution is 2.39. The van der Waals surface area contributed by atoms with Gasteiger partial charge >= 0.3 is 0 Å². The molecule has 0 spiro atoms. The summed E-state index contributed by atoms with van der Waals surface area (Å²) in [6.45, 7) is 7.44. The number of amides is 1. The van der Waals surface area contributed by atoms with Crippen LogP contribution in [0.1, 0.15) is 26.3 Å². The molecule has 1 saturated heterocycles. The normalized spacial score (nSPS) is 16.1. The zero-order valence-electron chi connectivity index (χ0n) is 19.1. The summed E-state index contributed by atoms with van der Waals surface area (Å²) in [5.41, 5.74) is 1.53. The number of amidine groups is 1. The van der Waals surface area contributed by atoms with Crippen molar-refractivity contribution in [1.82, 2.24) is 4.90 Å². The van der Waals surface area contributed by atoms with Gasteiger partial charge in [0.15, 0.2) is 5.17 Å². The van der Waals surface area contributed by atoms with Crippen LogP contribution < -0.4 is 9.47 Å². The Kier molecular flexibility index (Phi) is 7.86. The fourth-order valence-corrected chi connectivity index (χ4v) is 5.12. The molecule has 1 heterocycles. The number of carbonyl (C=O) groups excluding carboxylic acids is 1. The van der Waals surface area contributed by atoms with Crippen molar-refractivity contribution >= 4 is 72.9 Å². The van der Waals surface area contributed by atoms with Crippen LogP contribution in [-0.4, -0.2) is 35.7 Å². The van der Waals surface area contributed by atoms with E-state index in [1.165, 1.54) is 11.8 Å². The average Bonchev–Trinajstić information content (AvgIpc) is 3.12. The van der Waals surface area contributed by atoms with Gasteiger partial charge in [-0.15, -0.1) is 0 Å². The smallest absolute Gasteiger partial charge is 0.266 e. The first-order valence-corrected chi connectivity index (χ1v) is 13.0. The Morgan fingerprint density at radius 2 is 1.82 bits per heavy atom. The largest absolute Gasteiger partial charge is 0.494 e. The molecule has 34 heavy (non-hydrogen) atoms.